The van der Waals surface area contributed by atoms with Gasteiger partial charge in [-0.1, -0.05) is 42.5 Å². The maximum absolute atomic E-state index is 12.5. The average molecular weight is 310 g/mol. The third-order valence-electron chi connectivity index (χ3n) is 4.06. The van der Waals surface area contributed by atoms with Gasteiger partial charge in [0.15, 0.2) is 0 Å². The van der Waals surface area contributed by atoms with E-state index in [9.17, 15) is 14.7 Å². The highest BCUT2D eigenvalue weighted by molar-refractivity contribution is 6.01. The number of aliphatic hydroxyl groups is 1. The van der Waals surface area contributed by atoms with E-state index in [1.165, 1.54) is 0 Å². The SMILES string of the molecule is O=C1CC(C(=O)NCc2ccccc2CO)c2ccccc2N1. The molecule has 3 N–H and O–H groups in total. The number of rotatable bonds is 4. The molecule has 0 bridgehead atoms. The van der Waals surface area contributed by atoms with Crippen LogP contribution in [0.15, 0.2) is 48.5 Å². The van der Waals surface area contributed by atoms with Crippen LogP contribution >= 0.6 is 0 Å². The second kappa shape index (κ2) is 6.62. The number of hydrogen-bond acceptors (Lipinski definition) is 3. The van der Waals surface area contributed by atoms with Crippen LogP contribution in [0.1, 0.15) is 29.0 Å². The van der Waals surface area contributed by atoms with Crippen LogP contribution in [0.3, 0.4) is 0 Å². The lowest BCUT2D eigenvalue weighted by Gasteiger charge is -2.24. The first kappa shape index (κ1) is 15.2. The first-order valence-corrected chi connectivity index (χ1v) is 7.53. The van der Waals surface area contributed by atoms with E-state index in [0.717, 1.165) is 16.7 Å². The topological polar surface area (TPSA) is 78.4 Å². The minimum Gasteiger partial charge on any atom is -0.392 e. The van der Waals surface area contributed by atoms with E-state index in [0.29, 0.717) is 12.2 Å². The van der Waals surface area contributed by atoms with Gasteiger partial charge >= 0.3 is 0 Å². The summed E-state index contributed by atoms with van der Waals surface area (Å²) < 4.78 is 0. The Bertz CT molecular complexity index is 743. The number of nitrogens with one attached hydrogen (secondary N) is 2. The Kier molecular flexibility index (Phi) is 4.39. The van der Waals surface area contributed by atoms with Crippen LogP contribution in [0.25, 0.3) is 0 Å². The summed E-state index contributed by atoms with van der Waals surface area (Å²) in [7, 11) is 0. The van der Waals surface area contributed by atoms with Gasteiger partial charge in [0.1, 0.15) is 0 Å². The Balaban J connectivity index is 1.75. The predicted molar refractivity (Wildman–Crippen MR) is 86.6 cm³/mol. The van der Waals surface area contributed by atoms with E-state index in [4.69, 9.17) is 0 Å². The second-order valence-electron chi connectivity index (χ2n) is 5.54. The van der Waals surface area contributed by atoms with E-state index >= 15 is 0 Å². The van der Waals surface area contributed by atoms with E-state index in [1.54, 1.807) is 6.07 Å². The molecular formula is C18H18N2O3. The Hall–Kier alpha value is -2.66. The van der Waals surface area contributed by atoms with Crippen molar-refractivity contribution in [2.24, 2.45) is 0 Å². The molecule has 0 saturated heterocycles. The van der Waals surface area contributed by atoms with E-state index in [-0.39, 0.29) is 24.8 Å². The first-order chi connectivity index (χ1) is 11.2. The van der Waals surface area contributed by atoms with Crippen molar-refractivity contribution in [2.45, 2.75) is 25.5 Å². The van der Waals surface area contributed by atoms with Crippen molar-refractivity contribution in [1.29, 1.82) is 0 Å². The molecule has 5 heteroatoms. The Morgan fingerprint density at radius 2 is 1.83 bits per heavy atom. The van der Waals surface area contributed by atoms with Crippen molar-refractivity contribution in [1.82, 2.24) is 5.32 Å². The van der Waals surface area contributed by atoms with Gasteiger partial charge in [0.2, 0.25) is 11.8 Å². The molecule has 5 nitrogen and oxygen atoms in total. The van der Waals surface area contributed by atoms with E-state index in [1.807, 2.05) is 42.5 Å². The Labute approximate surface area is 134 Å². The molecule has 1 aliphatic rings. The molecule has 0 aliphatic carbocycles. The van der Waals surface area contributed by atoms with Crippen LogP contribution < -0.4 is 10.6 Å². The van der Waals surface area contributed by atoms with Crippen LogP contribution in [0.5, 0.6) is 0 Å². The summed E-state index contributed by atoms with van der Waals surface area (Å²) in [5.41, 5.74) is 3.19. The van der Waals surface area contributed by atoms with Gasteiger partial charge in [-0.05, 0) is 22.8 Å². The maximum atomic E-state index is 12.5. The third-order valence-corrected chi connectivity index (χ3v) is 4.06. The summed E-state index contributed by atoms with van der Waals surface area (Å²) in [5, 5.41) is 15.0. The minimum atomic E-state index is -0.485. The molecule has 2 aromatic carbocycles. The van der Waals surface area contributed by atoms with E-state index in [2.05, 4.69) is 10.6 Å². The summed E-state index contributed by atoms with van der Waals surface area (Å²) in [6, 6.07) is 14.8. The molecule has 118 valence electrons. The summed E-state index contributed by atoms with van der Waals surface area (Å²) >= 11 is 0. The average Bonchev–Trinajstić information content (AvgIpc) is 2.59. The van der Waals surface area contributed by atoms with Crippen LogP contribution in [-0.2, 0) is 22.7 Å². The van der Waals surface area contributed by atoms with Crippen molar-refractivity contribution >= 4 is 17.5 Å². The van der Waals surface area contributed by atoms with Gasteiger partial charge in [-0.25, -0.2) is 0 Å². The lowest BCUT2D eigenvalue weighted by Crippen LogP contribution is -2.34. The molecule has 0 spiro atoms. The number of hydrogen-bond donors (Lipinski definition) is 3. The van der Waals surface area contributed by atoms with Gasteiger partial charge < -0.3 is 15.7 Å². The number of para-hydroxylation sites is 1. The van der Waals surface area contributed by atoms with Crippen molar-refractivity contribution < 1.29 is 14.7 Å². The van der Waals surface area contributed by atoms with Crippen molar-refractivity contribution in [3.8, 4) is 0 Å². The molecule has 0 saturated carbocycles. The first-order valence-electron chi connectivity index (χ1n) is 7.53. The smallest absolute Gasteiger partial charge is 0.228 e. The highest BCUT2D eigenvalue weighted by Gasteiger charge is 2.30. The standard InChI is InChI=1S/C18H18N2O3/c21-11-13-6-2-1-5-12(13)10-19-18(23)15-9-17(22)20-16-8-4-3-7-14(15)16/h1-8,15,21H,9-11H2,(H,19,23)(H,20,22). The summed E-state index contributed by atoms with van der Waals surface area (Å²) in [4.78, 5) is 24.3. The molecule has 2 amide bonds. The number of aliphatic hydroxyl groups excluding tert-OH is 1. The number of fused-ring (bicyclic) bond motifs is 1. The highest BCUT2D eigenvalue weighted by atomic mass is 16.3. The van der Waals surface area contributed by atoms with Crippen LogP contribution in [-0.4, -0.2) is 16.9 Å². The Morgan fingerprint density at radius 3 is 2.61 bits per heavy atom. The summed E-state index contributed by atoms with van der Waals surface area (Å²) in [6.45, 7) is 0.260. The molecular weight excluding hydrogens is 292 g/mol. The molecule has 23 heavy (non-hydrogen) atoms. The largest absolute Gasteiger partial charge is 0.392 e. The fraction of sp³-hybridized carbons (Fsp3) is 0.222. The third kappa shape index (κ3) is 3.24. The monoisotopic (exact) mass is 310 g/mol. The van der Waals surface area contributed by atoms with Crippen molar-refractivity contribution in [3.63, 3.8) is 0 Å². The fourth-order valence-electron chi connectivity index (χ4n) is 2.83. The second-order valence-corrected chi connectivity index (χ2v) is 5.54. The molecule has 0 aromatic heterocycles. The van der Waals surface area contributed by atoms with Crippen molar-refractivity contribution in [3.05, 3.63) is 65.2 Å². The van der Waals surface area contributed by atoms with Gasteiger partial charge in [-0.15, -0.1) is 0 Å². The van der Waals surface area contributed by atoms with Gasteiger partial charge in [-0.2, -0.15) is 0 Å². The molecule has 0 radical (unpaired) electrons. The van der Waals surface area contributed by atoms with Crippen LogP contribution in [0, 0.1) is 0 Å². The fourth-order valence-corrected chi connectivity index (χ4v) is 2.83. The van der Waals surface area contributed by atoms with Gasteiger partial charge in [0, 0.05) is 18.7 Å². The predicted octanol–water partition coefficient (Wildman–Crippen LogP) is 1.92. The van der Waals surface area contributed by atoms with Gasteiger partial charge in [-0.3, -0.25) is 9.59 Å². The van der Waals surface area contributed by atoms with Gasteiger partial charge in [0.25, 0.3) is 0 Å². The van der Waals surface area contributed by atoms with Crippen molar-refractivity contribution in [2.75, 3.05) is 5.32 Å². The molecule has 0 fully saturated rings. The molecule has 1 unspecified atom stereocenters. The molecule has 1 atom stereocenters. The lowest BCUT2D eigenvalue weighted by molar-refractivity contribution is -0.126. The number of carbonyl (C=O) groups excluding carboxylic acids is 2. The molecule has 1 aliphatic heterocycles. The quantitative estimate of drug-likeness (QED) is 0.807. The maximum Gasteiger partial charge on any atom is 0.228 e. The number of carbonyl (C=O) groups is 2. The zero-order chi connectivity index (χ0) is 16.2. The summed E-state index contributed by atoms with van der Waals surface area (Å²) in [5.74, 6) is -0.819. The molecule has 1 heterocycles. The van der Waals surface area contributed by atoms with E-state index < -0.39 is 5.92 Å². The molecule has 2 aromatic rings. The number of anilines is 1. The van der Waals surface area contributed by atoms with Crippen LogP contribution in [0.4, 0.5) is 5.69 Å². The number of benzene rings is 2. The normalized spacial score (nSPS) is 16.4. The van der Waals surface area contributed by atoms with Gasteiger partial charge in [0.05, 0.1) is 12.5 Å². The highest BCUT2D eigenvalue weighted by Crippen LogP contribution is 2.32. The van der Waals surface area contributed by atoms with Crippen LogP contribution in [0.2, 0.25) is 0 Å². The lowest BCUT2D eigenvalue weighted by atomic mass is 9.90. The zero-order valence-electron chi connectivity index (χ0n) is 12.6. The minimum absolute atomic E-state index is 0.0687. The summed E-state index contributed by atoms with van der Waals surface area (Å²) in [6.07, 6.45) is 0.143. The molecule has 3 rings (SSSR count). The zero-order valence-corrected chi connectivity index (χ0v) is 12.6. The Morgan fingerprint density at radius 1 is 1.13 bits per heavy atom. The number of amides is 2.